The minimum Gasteiger partial charge on any atom is -0.480 e. The fraction of sp³-hybridized carbons (Fsp3) is 0.818. The summed E-state index contributed by atoms with van der Waals surface area (Å²) >= 11 is 0. The van der Waals surface area contributed by atoms with E-state index in [2.05, 4.69) is 6.92 Å². The summed E-state index contributed by atoms with van der Waals surface area (Å²) in [6, 6.07) is 0. The van der Waals surface area contributed by atoms with Gasteiger partial charge in [-0.3, -0.25) is 9.59 Å². The SMILES string of the molecule is CC1CCN(C(=O)C2(C(=O)O)CC2)CC1. The van der Waals surface area contributed by atoms with Crippen molar-refractivity contribution in [1.82, 2.24) is 4.90 Å². The zero-order chi connectivity index (χ0) is 11.1. The van der Waals surface area contributed by atoms with Gasteiger partial charge in [-0.1, -0.05) is 6.92 Å². The number of carbonyl (C=O) groups is 2. The van der Waals surface area contributed by atoms with Crippen LogP contribution in [0.1, 0.15) is 32.6 Å². The van der Waals surface area contributed by atoms with Gasteiger partial charge < -0.3 is 10.0 Å². The molecular formula is C11H17NO3. The van der Waals surface area contributed by atoms with Crippen molar-refractivity contribution in [2.75, 3.05) is 13.1 Å². The first-order valence-corrected chi connectivity index (χ1v) is 5.59. The molecule has 0 aromatic heterocycles. The molecule has 0 spiro atoms. The van der Waals surface area contributed by atoms with Gasteiger partial charge >= 0.3 is 5.97 Å². The number of hydrogen-bond acceptors (Lipinski definition) is 2. The second-order valence-electron chi connectivity index (χ2n) is 4.86. The molecule has 0 atom stereocenters. The fourth-order valence-electron chi connectivity index (χ4n) is 2.16. The molecule has 0 radical (unpaired) electrons. The maximum Gasteiger partial charge on any atom is 0.319 e. The predicted octanol–water partition coefficient (Wildman–Crippen LogP) is 1.11. The highest BCUT2D eigenvalue weighted by Gasteiger charge is 2.58. The Balaban J connectivity index is 2.00. The number of aliphatic carboxylic acids is 1. The number of amides is 1. The molecule has 2 fully saturated rings. The highest BCUT2D eigenvalue weighted by atomic mass is 16.4. The van der Waals surface area contributed by atoms with E-state index in [0.717, 1.165) is 25.9 Å². The fourth-order valence-corrected chi connectivity index (χ4v) is 2.16. The quantitative estimate of drug-likeness (QED) is 0.696. The zero-order valence-corrected chi connectivity index (χ0v) is 9.03. The Morgan fingerprint density at radius 2 is 1.80 bits per heavy atom. The second kappa shape index (κ2) is 3.51. The van der Waals surface area contributed by atoms with E-state index >= 15 is 0 Å². The predicted molar refractivity (Wildman–Crippen MR) is 54.3 cm³/mol. The van der Waals surface area contributed by atoms with Gasteiger partial charge in [0.25, 0.3) is 0 Å². The van der Waals surface area contributed by atoms with E-state index in [1.54, 1.807) is 4.90 Å². The average molecular weight is 211 g/mol. The van der Waals surface area contributed by atoms with Gasteiger partial charge in [-0.2, -0.15) is 0 Å². The van der Waals surface area contributed by atoms with Crippen LogP contribution in [0.5, 0.6) is 0 Å². The summed E-state index contributed by atoms with van der Waals surface area (Å²) in [7, 11) is 0. The van der Waals surface area contributed by atoms with Crippen LogP contribution in [0.3, 0.4) is 0 Å². The lowest BCUT2D eigenvalue weighted by Crippen LogP contribution is -2.44. The Hall–Kier alpha value is -1.06. The minimum absolute atomic E-state index is 0.151. The van der Waals surface area contributed by atoms with Crippen molar-refractivity contribution in [2.24, 2.45) is 11.3 Å². The lowest BCUT2D eigenvalue weighted by atomic mass is 9.97. The van der Waals surface area contributed by atoms with Gasteiger partial charge in [0.1, 0.15) is 5.41 Å². The molecule has 84 valence electrons. The topological polar surface area (TPSA) is 57.6 Å². The van der Waals surface area contributed by atoms with Gasteiger partial charge in [-0.25, -0.2) is 0 Å². The lowest BCUT2D eigenvalue weighted by Gasteiger charge is -2.32. The van der Waals surface area contributed by atoms with E-state index in [-0.39, 0.29) is 5.91 Å². The van der Waals surface area contributed by atoms with E-state index in [1.165, 1.54) is 0 Å². The van der Waals surface area contributed by atoms with Crippen molar-refractivity contribution in [3.05, 3.63) is 0 Å². The number of nitrogens with zero attached hydrogens (tertiary/aromatic N) is 1. The van der Waals surface area contributed by atoms with E-state index in [9.17, 15) is 9.59 Å². The highest BCUT2D eigenvalue weighted by Crippen LogP contribution is 2.47. The second-order valence-corrected chi connectivity index (χ2v) is 4.86. The zero-order valence-electron chi connectivity index (χ0n) is 9.03. The molecule has 1 saturated heterocycles. The number of rotatable bonds is 2. The Morgan fingerprint density at radius 3 is 2.20 bits per heavy atom. The summed E-state index contributed by atoms with van der Waals surface area (Å²) in [4.78, 5) is 24.7. The molecule has 2 rings (SSSR count). The van der Waals surface area contributed by atoms with Gasteiger partial charge in [0.05, 0.1) is 0 Å². The highest BCUT2D eigenvalue weighted by molar-refractivity contribution is 6.04. The number of carboxylic acid groups (broad SMARTS) is 1. The van der Waals surface area contributed by atoms with E-state index in [0.29, 0.717) is 18.8 Å². The van der Waals surface area contributed by atoms with Gasteiger partial charge in [-0.05, 0) is 31.6 Å². The van der Waals surface area contributed by atoms with Crippen LogP contribution >= 0.6 is 0 Å². The van der Waals surface area contributed by atoms with Crippen LogP contribution in [-0.4, -0.2) is 35.0 Å². The third kappa shape index (κ3) is 1.73. The summed E-state index contributed by atoms with van der Waals surface area (Å²) < 4.78 is 0. The molecule has 0 unspecified atom stereocenters. The molecule has 2 aliphatic rings. The normalized spacial score (nSPS) is 25.0. The van der Waals surface area contributed by atoms with Crippen LogP contribution in [0.4, 0.5) is 0 Å². The smallest absolute Gasteiger partial charge is 0.319 e. The Labute approximate surface area is 89.3 Å². The molecule has 0 bridgehead atoms. The molecule has 1 heterocycles. The van der Waals surface area contributed by atoms with Crippen molar-refractivity contribution < 1.29 is 14.7 Å². The van der Waals surface area contributed by atoms with E-state index < -0.39 is 11.4 Å². The Bertz CT molecular complexity index is 288. The number of piperidine rings is 1. The summed E-state index contributed by atoms with van der Waals surface area (Å²) in [6.45, 7) is 3.63. The number of likely N-dealkylation sites (tertiary alicyclic amines) is 1. The monoisotopic (exact) mass is 211 g/mol. The van der Waals surface area contributed by atoms with Crippen molar-refractivity contribution >= 4 is 11.9 Å². The largest absolute Gasteiger partial charge is 0.480 e. The molecule has 4 nitrogen and oxygen atoms in total. The third-order valence-electron chi connectivity index (χ3n) is 3.64. The maximum atomic E-state index is 12.0. The molecule has 1 amide bonds. The van der Waals surface area contributed by atoms with E-state index in [4.69, 9.17) is 5.11 Å². The van der Waals surface area contributed by atoms with Crippen LogP contribution in [0, 0.1) is 11.3 Å². The first-order chi connectivity index (χ1) is 7.06. The van der Waals surface area contributed by atoms with E-state index in [1.807, 2.05) is 0 Å². The summed E-state index contributed by atoms with van der Waals surface area (Å²) in [5.74, 6) is -0.429. The van der Waals surface area contributed by atoms with Crippen LogP contribution in [0.2, 0.25) is 0 Å². The van der Waals surface area contributed by atoms with Gasteiger partial charge in [-0.15, -0.1) is 0 Å². The Kier molecular flexibility index (Phi) is 2.44. The molecule has 1 aliphatic carbocycles. The third-order valence-corrected chi connectivity index (χ3v) is 3.64. The van der Waals surface area contributed by atoms with Crippen LogP contribution in [0.25, 0.3) is 0 Å². The first-order valence-electron chi connectivity index (χ1n) is 5.59. The molecule has 0 aromatic carbocycles. The summed E-state index contributed by atoms with van der Waals surface area (Å²) in [5, 5.41) is 9.01. The molecule has 15 heavy (non-hydrogen) atoms. The van der Waals surface area contributed by atoms with Crippen molar-refractivity contribution in [3.8, 4) is 0 Å². The van der Waals surface area contributed by atoms with Crippen LogP contribution in [0.15, 0.2) is 0 Å². The lowest BCUT2D eigenvalue weighted by molar-refractivity contribution is -0.154. The number of hydrogen-bond donors (Lipinski definition) is 1. The molecule has 4 heteroatoms. The Morgan fingerprint density at radius 1 is 1.27 bits per heavy atom. The van der Waals surface area contributed by atoms with Gasteiger partial charge in [0.2, 0.25) is 5.91 Å². The molecule has 1 saturated carbocycles. The van der Waals surface area contributed by atoms with Gasteiger partial charge in [0, 0.05) is 13.1 Å². The van der Waals surface area contributed by atoms with Gasteiger partial charge in [0.15, 0.2) is 0 Å². The van der Waals surface area contributed by atoms with Crippen molar-refractivity contribution in [3.63, 3.8) is 0 Å². The molecule has 1 aliphatic heterocycles. The van der Waals surface area contributed by atoms with Crippen molar-refractivity contribution in [1.29, 1.82) is 0 Å². The van der Waals surface area contributed by atoms with Crippen molar-refractivity contribution in [2.45, 2.75) is 32.6 Å². The first kappa shape index (κ1) is 10.5. The molecule has 1 N–H and O–H groups in total. The average Bonchev–Trinajstić information content (AvgIpc) is 2.98. The summed E-state index contributed by atoms with van der Waals surface area (Å²) in [6.07, 6.45) is 3.04. The van der Waals surface area contributed by atoms with Crippen LogP contribution < -0.4 is 0 Å². The standard InChI is InChI=1S/C11H17NO3/c1-8-2-6-12(7-3-8)9(13)11(4-5-11)10(14)15/h8H,2-7H2,1H3,(H,14,15). The van der Waals surface area contributed by atoms with Crippen LogP contribution in [-0.2, 0) is 9.59 Å². The molecule has 0 aromatic rings. The molecular weight excluding hydrogens is 194 g/mol. The number of carbonyl (C=O) groups excluding carboxylic acids is 1. The summed E-state index contributed by atoms with van der Waals surface area (Å²) in [5.41, 5.74) is -1.04. The number of carboxylic acids is 1. The minimum atomic E-state index is -1.04. The maximum absolute atomic E-state index is 12.0.